The van der Waals surface area contributed by atoms with Gasteiger partial charge >= 0.3 is 16.2 Å². The standard InChI is InChI=1S/C9H7BrCl2F2O4S/c10-5-19(15,16)18-7-3-1-2-6(4-7)17-9(13,14)8(11)12/h1-4,8H,5H2. The highest BCUT2D eigenvalue weighted by Crippen LogP contribution is 2.31. The summed E-state index contributed by atoms with van der Waals surface area (Å²) in [6.07, 6.45) is -3.81. The Kier molecular flexibility index (Phi) is 5.66. The third-order valence-electron chi connectivity index (χ3n) is 1.67. The van der Waals surface area contributed by atoms with E-state index in [1.165, 1.54) is 18.2 Å². The molecular formula is C9H7BrCl2F2O4S. The minimum atomic E-state index is -3.83. The lowest BCUT2D eigenvalue weighted by molar-refractivity contribution is -0.163. The molecule has 0 aliphatic rings. The summed E-state index contributed by atoms with van der Waals surface area (Å²) < 4.78 is 57.0. The largest absolute Gasteiger partial charge is 0.430 e. The molecule has 108 valence electrons. The fourth-order valence-corrected chi connectivity index (χ4v) is 1.77. The Hall–Kier alpha value is -0.310. The van der Waals surface area contributed by atoms with Crippen LogP contribution in [0.2, 0.25) is 0 Å². The Bertz CT molecular complexity index is 539. The van der Waals surface area contributed by atoms with Gasteiger partial charge in [0.1, 0.15) is 16.2 Å². The van der Waals surface area contributed by atoms with E-state index in [9.17, 15) is 17.2 Å². The van der Waals surface area contributed by atoms with Crippen molar-refractivity contribution in [3.8, 4) is 11.5 Å². The first-order valence-corrected chi connectivity index (χ1v) is 8.16. The normalized spacial score (nSPS) is 12.5. The lowest BCUT2D eigenvalue weighted by atomic mass is 10.3. The molecule has 0 heterocycles. The summed E-state index contributed by atoms with van der Waals surface area (Å²) in [6, 6.07) is 4.70. The average Bonchev–Trinajstić information content (AvgIpc) is 2.28. The lowest BCUT2D eigenvalue weighted by Crippen LogP contribution is -2.32. The summed E-state index contributed by atoms with van der Waals surface area (Å²) in [7, 11) is -3.83. The zero-order chi connectivity index (χ0) is 14.7. The molecule has 10 heteroatoms. The smallest absolute Gasteiger partial charge is 0.428 e. The van der Waals surface area contributed by atoms with Crippen LogP contribution in [-0.4, -0.2) is 24.0 Å². The van der Waals surface area contributed by atoms with Crippen molar-refractivity contribution in [2.75, 3.05) is 4.66 Å². The van der Waals surface area contributed by atoms with Crippen LogP contribution in [-0.2, 0) is 10.1 Å². The molecule has 0 bridgehead atoms. The Balaban J connectivity index is 2.90. The van der Waals surface area contributed by atoms with Crippen LogP contribution in [0, 0.1) is 0 Å². The number of benzene rings is 1. The molecule has 19 heavy (non-hydrogen) atoms. The average molecular weight is 400 g/mol. The Labute approximate surface area is 126 Å². The van der Waals surface area contributed by atoms with Gasteiger partial charge in [-0.05, 0) is 12.1 Å². The summed E-state index contributed by atoms with van der Waals surface area (Å²) in [4.78, 5) is -2.07. The zero-order valence-corrected chi connectivity index (χ0v) is 12.9. The number of alkyl halides is 5. The zero-order valence-electron chi connectivity index (χ0n) is 9.02. The van der Waals surface area contributed by atoms with Gasteiger partial charge in [0.2, 0.25) is 4.84 Å². The molecule has 0 saturated carbocycles. The van der Waals surface area contributed by atoms with E-state index < -0.39 is 25.7 Å². The molecule has 0 amide bonds. The summed E-state index contributed by atoms with van der Waals surface area (Å²) in [5, 5.41) is 0. The third-order valence-corrected chi connectivity index (χ3v) is 4.57. The molecule has 0 aliphatic carbocycles. The molecule has 0 N–H and O–H groups in total. The van der Waals surface area contributed by atoms with Crippen molar-refractivity contribution in [3.05, 3.63) is 24.3 Å². The van der Waals surface area contributed by atoms with Crippen molar-refractivity contribution in [2.24, 2.45) is 0 Å². The molecule has 0 aromatic heterocycles. The summed E-state index contributed by atoms with van der Waals surface area (Å²) in [5.41, 5.74) is 0. The maximum absolute atomic E-state index is 13.1. The van der Waals surface area contributed by atoms with Crippen LogP contribution in [0.1, 0.15) is 0 Å². The van der Waals surface area contributed by atoms with E-state index in [4.69, 9.17) is 23.2 Å². The van der Waals surface area contributed by atoms with Crippen LogP contribution in [0.15, 0.2) is 24.3 Å². The molecule has 0 radical (unpaired) electrons. The summed E-state index contributed by atoms with van der Waals surface area (Å²) in [6.45, 7) is 0. The number of halogens is 5. The van der Waals surface area contributed by atoms with E-state index in [1.54, 1.807) is 0 Å². The van der Waals surface area contributed by atoms with Crippen molar-refractivity contribution >= 4 is 49.2 Å². The van der Waals surface area contributed by atoms with Crippen molar-refractivity contribution in [1.29, 1.82) is 0 Å². The number of hydrogen-bond donors (Lipinski definition) is 0. The van der Waals surface area contributed by atoms with Crippen molar-refractivity contribution in [1.82, 2.24) is 0 Å². The second-order valence-corrected chi connectivity index (χ2v) is 7.16. The Morgan fingerprint density at radius 2 is 1.89 bits per heavy atom. The molecule has 0 spiro atoms. The minimum absolute atomic E-state index is 0.173. The highest BCUT2D eigenvalue weighted by Gasteiger charge is 2.40. The van der Waals surface area contributed by atoms with Gasteiger partial charge in [-0.25, -0.2) is 0 Å². The first kappa shape index (κ1) is 16.7. The number of rotatable bonds is 6. The monoisotopic (exact) mass is 398 g/mol. The van der Waals surface area contributed by atoms with Gasteiger partial charge in [-0.2, -0.15) is 17.2 Å². The Morgan fingerprint density at radius 1 is 1.32 bits per heavy atom. The topological polar surface area (TPSA) is 52.6 Å². The SMILES string of the molecule is O=S(=O)(CBr)Oc1cccc(OC(F)(F)C(Cl)Cl)c1. The van der Waals surface area contributed by atoms with Crippen LogP contribution in [0.25, 0.3) is 0 Å². The molecule has 0 saturated heterocycles. The second-order valence-electron chi connectivity index (χ2n) is 3.19. The fourth-order valence-electron chi connectivity index (χ4n) is 0.960. The van der Waals surface area contributed by atoms with E-state index >= 15 is 0 Å². The lowest BCUT2D eigenvalue weighted by Gasteiger charge is -2.18. The molecule has 1 aromatic rings. The van der Waals surface area contributed by atoms with E-state index in [-0.39, 0.29) is 11.5 Å². The maximum Gasteiger partial charge on any atom is 0.428 e. The third kappa shape index (κ3) is 5.29. The van der Waals surface area contributed by atoms with Gasteiger partial charge in [0, 0.05) is 6.07 Å². The Morgan fingerprint density at radius 3 is 2.42 bits per heavy atom. The molecule has 1 aromatic carbocycles. The maximum atomic E-state index is 13.1. The molecular weight excluding hydrogens is 393 g/mol. The van der Waals surface area contributed by atoms with Crippen LogP contribution in [0.4, 0.5) is 8.78 Å². The van der Waals surface area contributed by atoms with E-state index in [2.05, 4.69) is 24.8 Å². The van der Waals surface area contributed by atoms with Gasteiger partial charge < -0.3 is 8.92 Å². The fraction of sp³-hybridized carbons (Fsp3) is 0.333. The summed E-state index contributed by atoms with van der Waals surface area (Å²) >= 11 is 12.8. The number of hydrogen-bond acceptors (Lipinski definition) is 4. The van der Waals surface area contributed by atoms with E-state index in [0.29, 0.717) is 0 Å². The molecule has 4 nitrogen and oxygen atoms in total. The first-order valence-electron chi connectivity index (χ1n) is 4.59. The van der Waals surface area contributed by atoms with Crippen LogP contribution in [0.5, 0.6) is 11.5 Å². The van der Waals surface area contributed by atoms with Gasteiger partial charge in [0.05, 0.1) is 0 Å². The molecule has 1 rings (SSSR count). The van der Waals surface area contributed by atoms with Gasteiger partial charge in [0.25, 0.3) is 0 Å². The van der Waals surface area contributed by atoms with Crippen LogP contribution in [0.3, 0.4) is 0 Å². The van der Waals surface area contributed by atoms with E-state index in [0.717, 1.165) is 6.07 Å². The number of ether oxygens (including phenoxy) is 1. The van der Waals surface area contributed by atoms with E-state index in [1.807, 2.05) is 0 Å². The van der Waals surface area contributed by atoms with Crippen LogP contribution >= 0.6 is 39.1 Å². The molecule has 0 unspecified atom stereocenters. The molecule has 0 aliphatic heterocycles. The van der Waals surface area contributed by atoms with Gasteiger partial charge in [-0.1, -0.05) is 45.2 Å². The second kappa shape index (κ2) is 6.43. The predicted molar refractivity (Wildman–Crippen MR) is 70.9 cm³/mol. The molecule has 0 fully saturated rings. The predicted octanol–water partition coefficient (Wildman–Crippen LogP) is 3.52. The van der Waals surface area contributed by atoms with Gasteiger partial charge in [-0.15, -0.1) is 0 Å². The highest BCUT2D eigenvalue weighted by atomic mass is 79.9. The summed E-state index contributed by atoms with van der Waals surface area (Å²) in [5.74, 6) is -0.507. The minimum Gasteiger partial charge on any atom is -0.430 e. The van der Waals surface area contributed by atoms with Crippen molar-refractivity contribution < 1.29 is 26.1 Å². The van der Waals surface area contributed by atoms with Gasteiger partial charge in [0.15, 0.2) is 0 Å². The molecule has 0 atom stereocenters. The first-order chi connectivity index (χ1) is 8.66. The highest BCUT2D eigenvalue weighted by molar-refractivity contribution is 9.10. The van der Waals surface area contributed by atoms with Crippen LogP contribution < -0.4 is 8.92 Å². The van der Waals surface area contributed by atoms with Crippen molar-refractivity contribution in [3.63, 3.8) is 0 Å². The quantitative estimate of drug-likeness (QED) is 0.542. The van der Waals surface area contributed by atoms with Crippen molar-refractivity contribution in [2.45, 2.75) is 10.9 Å². The van der Waals surface area contributed by atoms with Gasteiger partial charge in [-0.3, -0.25) is 0 Å².